The van der Waals surface area contributed by atoms with Crippen LogP contribution in [0.5, 0.6) is 0 Å². The maximum absolute atomic E-state index is 11.5. The quantitative estimate of drug-likeness (QED) is 0.725. The summed E-state index contributed by atoms with van der Waals surface area (Å²) in [7, 11) is 1.40. The van der Waals surface area contributed by atoms with Gasteiger partial charge in [-0.05, 0) is 25.5 Å². The molecule has 0 saturated carbocycles. The standard InChI is InChI=1S/C12H14N2O2/c1-8-7-14(9(2)12(15)16-3)11-6-13-5-4-10(8)11/h4-7,9H,1-3H3. The van der Waals surface area contributed by atoms with Gasteiger partial charge in [-0.1, -0.05) is 0 Å². The number of hydrogen-bond donors (Lipinski definition) is 0. The maximum Gasteiger partial charge on any atom is 0.328 e. The van der Waals surface area contributed by atoms with E-state index < -0.39 is 0 Å². The molecule has 4 heteroatoms. The van der Waals surface area contributed by atoms with Crippen molar-refractivity contribution in [2.45, 2.75) is 19.9 Å². The first-order valence-corrected chi connectivity index (χ1v) is 5.14. The lowest BCUT2D eigenvalue weighted by atomic mass is 10.2. The van der Waals surface area contributed by atoms with Gasteiger partial charge in [0.15, 0.2) is 0 Å². The van der Waals surface area contributed by atoms with E-state index in [0.29, 0.717) is 0 Å². The Balaban J connectivity index is 2.57. The molecule has 0 bridgehead atoms. The first-order chi connectivity index (χ1) is 7.65. The van der Waals surface area contributed by atoms with E-state index in [0.717, 1.165) is 16.5 Å². The summed E-state index contributed by atoms with van der Waals surface area (Å²) in [6, 6.07) is 1.62. The highest BCUT2D eigenvalue weighted by atomic mass is 16.5. The molecule has 0 N–H and O–H groups in total. The van der Waals surface area contributed by atoms with Crippen molar-refractivity contribution in [1.29, 1.82) is 0 Å². The lowest BCUT2D eigenvalue weighted by molar-refractivity contribution is -0.143. The van der Waals surface area contributed by atoms with Crippen LogP contribution in [0.4, 0.5) is 0 Å². The third-order valence-corrected chi connectivity index (χ3v) is 2.80. The van der Waals surface area contributed by atoms with Crippen LogP contribution >= 0.6 is 0 Å². The minimum atomic E-state index is -0.328. The van der Waals surface area contributed by atoms with Gasteiger partial charge < -0.3 is 9.30 Å². The molecule has 16 heavy (non-hydrogen) atoms. The summed E-state index contributed by atoms with van der Waals surface area (Å²) in [5.41, 5.74) is 2.09. The van der Waals surface area contributed by atoms with Gasteiger partial charge in [0.2, 0.25) is 0 Å². The zero-order valence-electron chi connectivity index (χ0n) is 9.60. The van der Waals surface area contributed by atoms with Gasteiger partial charge in [-0.15, -0.1) is 0 Å². The van der Waals surface area contributed by atoms with Crippen LogP contribution in [0.3, 0.4) is 0 Å². The topological polar surface area (TPSA) is 44.1 Å². The molecule has 0 fully saturated rings. The third kappa shape index (κ3) is 1.56. The minimum Gasteiger partial charge on any atom is -0.467 e. The number of esters is 1. The van der Waals surface area contributed by atoms with Crippen molar-refractivity contribution in [3.63, 3.8) is 0 Å². The molecule has 0 aromatic carbocycles. The van der Waals surface area contributed by atoms with E-state index in [9.17, 15) is 4.79 Å². The number of carbonyl (C=O) groups excluding carboxylic acids is 1. The van der Waals surface area contributed by atoms with Gasteiger partial charge in [0.25, 0.3) is 0 Å². The number of aryl methyl sites for hydroxylation is 1. The molecule has 0 aliphatic carbocycles. The molecular weight excluding hydrogens is 204 g/mol. The molecule has 1 atom stereocenters. The van der Waals surface area contributed by atoms with Gasteiger partial charge in [-0.25, -0.2) is 4.79 Å². The van der Waals surface area contributed by atoms with E-state index in [2.05, 4.69) is 4.98 Å². The van der Waals surface area contributed by atoms with E-state index in [4.69, 9.17) is 4.74 Å². The first kappa shape index (κ1) is 10.7. The number of carbonyl (C=O) groups is 1. The lowest BCUT2D eigenvalue weighted by Gasteiger charge is -2.12. The number of fused-ring (bicyclic) bond motifs is 1. The minimum absolute atomic E-state index is 0.249. The van der Waals surface area contributed by atoms with Crippen molar-refractivity contribution in [1.82, 2.24) is 9.55 Å². The van der Waals surface area contributed by atoms with E-state index >= 15 is 0 Å². The number of rotatable bonds is 2. The number of methoxy groups -OCH3 is 1. The summed E-state index contributed by atoms with van der Waals surface area (Å²) in [5.74, 6) is -0.249. The van der Waals surface area contributed by atoms with Crippen LogP contribution in [0.25, 0.3) is 10.9 Å². The fraction of sp³-hybridized carbons (Fsp3) is 0.333. The Bertz CT molecular complexity index is 531. The molecule has 0 radical (unpaired) electrons. The summed E-state index contributed by atoms with van der Waals surface area (Å²) in [6.45, 7) is 3.83. The number of nitrogens with zero attached hydrogens (tertiary/aromatic N) is 2. The van der Waals surface area contributed by atoms with Crippen LogP contribution in [0, 0.1) is 6.92 Å². The Morgan fingerprint density at radius 1 is 1.56 bits per heavy atom. The zero-order valence-corrected chi connectivity index (χ0v) is 9.60. The Kier molecular flexibility index (Phi) is 2.64. The van der Waals surface area contributed by atoms with Gasteiger partial charge in [0, 0.05) is 17.8 Å². The van der Waals surface area contributed by atoms with Gasteiger partial charge in [-0.3, -0.25) is 4.98 Å². The second-order valence-electron chi connectivity index (χ2n) is 3.81. The number of pyridine rings is 1. The van der Waals surface area contributed by atoms with Gasteiger partial charge in [-0.2, -0.15) is 0 Å². The van der Waals surface area contributed by atoms with Crippen molar-refractivity contribution < 1.29 is 9.53 Å². The molecule has 0 spiro atoms. The molecule has 84 valence electrons. The molecule has 2 heterocycles. The summed E-state index contributed by atoms with van der Waals surface area (Å²) < 4.78 is 6.64. The summed E-state index contributed by atoms with van der Waals surface area (Å²) >= 11 is 0. The van der Waals surface area contributed by atoms with E-state index in [1.807, 2.05) is 30.7 Å². The van der Waals surface area contributed by atoms with E-state index in [1.54, 1.807) is 12.4 Å². The van der Waals surface area contributed by atoms with Crippen molar-refractivity contribution in [2.75, 3.05) is 7.11 Å². The fourth-order valence-corrected chi connectivity index (χ4v) is 1.88. The van der Waals surface area contributed by atoms with Gasteiger partial charge in [0.1, 0.15) is 6.04 Å². The van der Waals surface area contributed by atoms with Crippen molar-refractivity contribution in [2.24, 2.45) is 0 Å². The lowest BCUT2D eigenvalue weighted by Crippen LogP contribution is -2.16. The van der Waals surface area contributed by atoms with Crippen LogP contribution in [0.1, 0.15) is 18.5 Å². The predicted octanol–water partition coefficient (Wildman–Crippen LogP) is 2.08. The van der Waals surface area contributed by atoms with Crippen molar-refractivity contribution >= 4 is 16.9 Å². The highest BCUT2D eigenvalue weighted by Gasteiger charge is 2.17. The largest absolute Gasteiger partial charge is 0.467 e. The Hall–Kier alpha value is -1.84. The monoisotopic (exact) mass is 218 g/mol. The van der Waals surface area contributed by atoms with Crippen molar-refractivity contribution in [3.8, 4) is 0 Å². The Labute approximate surface area is 93.9 Å². The molecule has 0 saturated heterocycles. The Morgan fingerprint density at radius 3 is 3.00 bits per heavy atom. The van der Waals surface area contributed by atoms with Crippen LogP contribution in [-0.4, -0.2) is 22.6 Å². The fourth-order valence-electron chi connectivity index (χ4n) is 1.88. The SMILES string of the molecule is COC(=O)C(C)n1cc(C)c2ccncc21. The van der Waals surface area contributed by atoms with E-state index in [1.165, 1.54) is 7.11 Å². The third-order valence-electron chi connectivity index (χ3n) is 2.80. The molecule has 4 nitrogen and oxygen atoms in total. The number of aromatic nitrogens is 2. The van der Waals surface area contributed by atoms with Gasteiger partial charge >= 0.3 is 5.97 Å². The van der Waals surface area contributed by atoms with Gasteiger partial charge in [0.05, 0.1) is 18.8 Å². The smallest absolute Gasteiger partial charge is 0.328 e. The van der Waals surface area contributed by atoms with E-state index in [-0.39, 0.29) is 12.0 Å². The molecule has 2 aromatic rings. The Morgan fingerprint density at radius 2 is 2.31 bits per heavy atom. The molecule has 2 rings (SSSR count). The van der Waals surface area contributed by atoms with Crippen LogP contribution in [-0.2, 0) is 9.53 Å². The summed E-state index contributed by atoms with van der Waals surface area (Å²) in [4.78, 5) is 15.6. The predicted molar refractivity (Wildman–Crippen MR) is 61.2 cm³/mol. The molecule has 0 aliphatic heterocycles. The number of hydrogen-bond acceptors (Lipinski definition) is 3. The van der Waals surface area contributed by atoms with Crippen LogP contribution in [0.2, 0.25) is 0 Å². The average molecular weight is 218 g/mol. The molecule has 0 aliphatic rings. The van der Waals surface area contributed by atoms with Crippen LogP contribution in [0.15, 0.2) is 24.7 Å². The second-order valence-corrected chi connectivity index (χ2v) is 3.81. The maximum atomic E-state index is 11.5. The summed E-state index contributed by atoms with van der Waals surface area (Å²) in [6.07, 6.45) is 5.47. The second kappa shape index (κ2) is 3.96. The van der Waals surface area contributed by atoms with Crippen LogP contribution < -0.4 is 0 Å². The molecule has 1 unspecified atom stereocenters. The first-order valence-electron chi connectivity index (χ1n) is 5.14. The number of ether oxygens (including phenoxy) is 1. The zero-order chi connectivity index (χ0) is 11.7. The highest BCUT2D eigenvalue weighted by molar-refractivity contribution is 5.85. The molecule has 0 amide bonds. The molecule has 2 aromatic heterocycles. The average Bonchev–Trinajstić information content (AvgIpc) is 2.65. The summed E-state index contributed by atoms with van der Waals surface area (Å²) in [5, 5.41) is 1.12. The normalized spacial score (nSPS) is 12.7. The molecular formula is C12H14N2O2. The highest BCUT2D eigenvalue weighted by Crippen LogP contribution is 2.23. The van der Waals surface area contributed by atoms with Crippen molar-refractivity contribution in [3.05, 3.63) is 30.2 Å².